The molecule has 7 heteroatoms. The molecule has 0 aliphatic carbocycles. The molecule has 2 saturated heterocycles. The lowest BCUT2D eigenvalue weighted by molar-refractivity contribution is -0.114. The summed E-state index contributed by atoms with van der Waals surface area (Å²) in [7, 11) is 0. The average molecular weight is 356 g/mol. The maximum atomic E-state index is 12.5. The van der Waals surface area contributed by atoms with Crippen LogP contribution in [0.5, 0.6) is 0 Å². The highest BCUT2D eigenvalue weighted by Gasteiger charge is 2.38. The molecule has 1 aromatic heterocycles. The van der Waals surface area contributed by atoms with Crippen LogP contribution in [0.2, 0.25) is 0 Å². The van der Waals surface area contributed by atoms with E-state index >= 15 is 0 Å². The number of nitrogens with zero attached hydrogens (tertiary/aromatic N) is 2. The van der Waals surface area contributed by atoms with Gasteiger partial charge in [-0.1, -0.05) is 12.1 Å². The average Bonchev–Trinajstić information content (AvgIpc) is 3.31. The van der Waals surface area contributed by atoms with Crippen LogP contribution in [-0.4, -0.2) is 47.4 Å². The molecule has 2 bridgehead atoms. The Hall–Kier alpha value is -2.25. The maximum Gasteiger partial charge on any atom is 0.280 e. The summed E-state index contributed by atoms with van der Waals surface area (Å²) in [5, 5.41) is 6.38. The second-order valence-electron chi connectivity index (χ2n) is 6.68. The number of carbonyl (C=O) groups is 2. The van der Waals surface area contributed by atoms with E-state index in [1.54, 1.807) is 6.20 Å². The molecule has 2 aliphatic heterocycles. The molecule has 6 nitrogen and oxygen atoms in total. The summed E-state index contributed by atoms with van der Waals surface area (Å²) < 4.78 is 0. The van der Waals surface area contributed by atoms with E-state index in [4.69, 9.17) is 0 Å². The van der Waals surface area contributed by atoms with E-state index in [2.05, 4.69) is 20.5 Å². The van der Waals surface area contributed by atoms with Gasteiger partial charge in [0.05, 0.1) is 4.88 Å². The molecule has 2 aromatic rings. The summed E-state index contributed by atoms with van der Waals surface area (Å²) >= 11 is 1.39. The highest BCUT2D eigenvalue weighted by molar-refractivity contribution is 7.16. The Labute approximate surface area is 150 Å². The molecule has 3 atom stereocenters. The monoisotopic (exact) mass is 356 g/mol. The SMILES string of the molecule is CC(=O)Nc1ccc(-c2cnc(C(=O)NC3CN4CC[C@H]3C4)s2)cc1. The van der Waals surface area contributed by atoms with Gasteiger partial charge < -0.3 is 15.5 Å². The third-order valence-corrected chi connectivity index (χ3v) is 5.88. The molecule has 0 radical (unpaired) electrons. The Balaban J connectivity index is 1.42. The van der Waals surface area contributed by atoms with Crippen molar-refractivity contribution in [1.29, 1.82) is 0 Å². The lowest BCUT2D eigenvalue weighted by Crippen LogP contribution is -2.43. The predicted octanol–water partition coefficient (Wildman–Crippen LogP) is 2.20. The van der Waals surface area contributed by atoms with Crippen LogP contribution in [0.15, 0.2) is 30.5 Å². The number of hydrogen-bond donors (Lipinski definition) is 2. The number of benzene rings is 1. The van der Waals surface area contributed by atoms with Crippen molar-refractivity contribution in [2.24, 2.45) is 5.92 Å². The Morgan fingerprint density at radius 2 is 2.04 bits per heavy atom. The minimum Gasteiger partial charge on any atom is -0.346 e. The van der Waals surface area contributed by atoms with Crippen LogP contribution < -0.4 is 10.6 Å². The van der Waals surface area contributed by atoms with Gasteiger partial charge >= 0.3 is 0 Å². The zero-order chi connectivity index (χ0) is 17.4. The van der Waals surface area contributed by atoms with E-state index in [0.29, 0.717) is 10.9 Å². The highest BCUT2D eigenvalue weighted by Crippen LogP contribution is 2.30. The number of rotatable bonds is 4. The number of aromatic nitrogens is 1. The number of anilines is 1. The third-order valence-electron chi connectivity index (χ3n) is 4.84. The summed E-state index contributed by atoms with van der Waals surface area (Å²) in [5.74, 6) is 0.413. The van der Waals surface area contributed by atoms with E-state index < -0.39 is 0 Å². The molecular formula is C18H20N4O2S. The zero-order valence-corrected chi connectivity index (χ0v) is 14.8. The van der Waals surface area contributed by atoms with Gasteiger partial charge in [-0.05, 0) is 36.6 Å². The standard InChI is InChI=1S/C18H20N4O2S/c1-11(23)20-14-4-2-12(3-5-14)16-8-19-18(25-16)17(24)21-15-10-22-7-6-13(15)9-22/h2-5,8,13,15H,6-7,9-10H2,1H3,(H,20,23)(H,21,24)/t13-,15?/m0/s1. The van der Waals surface area contributed by atoms with Crippen molar-refractivity contribution in [1.82, 2.24) is 15.2 Å². The number of hydrogen-bond acceptors (Lipinski definition) is 5. The van der Waals surface area contributed by atoms with Gasteiger partial charge in [-0.25, -0.2) is 4.98 Å². The number of fused-ring (bicyclic) bond motifs is 2. The molecular weight excluding hydrogens is 336 g/mol. The number of carbonyl (C=O) groups excluding carboxylic acids is 2. The van der Waals surface area contributed by atoms with E-state index in [1.807, 2.05) is 24.3 Å². The second-order valence-corrected chi connectivity index (χ2v) is 7.71. The minimum atomic E-state index is -0.0959. The third kappa shape index (κ3) is 3.43. The number of thiazole rings is 1. The van der Waals surface area contributed by atoms with Crippen molar-refractivity contribution < 1.29 is 9.59 Å². The summed E-state index contributed by atoms with van der Waals surface area (Å²) in [6.45, 7) is 4.70. The Bertz CT molecular complexity index is 802. The van der Waals surface area contributed by atoms with Crippen LogP contribution in [0, 0.1) is 5.92 Å². The van der Waals surface area contributed by atoms with Crippen LogP contribution >= 0.6 is 11.3 Å². The van der Waals surface area contributed by atoms with Gasteiger partial charge in [0, 0.05) is 37.9 Å². The second kappa shape index (κ2) is 6.57. The van der Waals surface area contributed by atoms with E-state index in [9.17, 15) is 9.59 Å². The Kier molecular flexibility index (Phi) is 4.27. The van der Waals surface area contributed by atoms with Crippen LogP contribution in [0.4, 0.5) is 5.69 Å². The first-order chi connectivity index (χ1) is 12.1. The van der Waals surface area contributed by atoms with Gasteiger partial charge in [0.1, 0.15) is 0 Å². The van der Waals surface area contributed by atoms with E-state index in [-0.39, 0.29) is 17.9 Å². The lowest BCUT2D eigenvalue weighted by atomic mass is 10.0. The highest BCUT2D eigenvalue weighted by atomic mass is 32.1. The van der Waals surface area contributed by atoms with Crippen molar-refractivity contribution in [3.05, 3.63) is 35.5 Å². The minimum absolute atomic E-state index is 0.0788. The molecule has 2 amide bonds. The molecule has 1 aromatic carbocycles. The lowest BCUT2D eigenvalue weighted by Gasteiger charge is -2.22. The molecule has 2 unspecified atom stereocenters. The number of piperidine rings is 1. The number of nitrogens with one attached hydrogen (secondary N) is 2. The Morgan fingerprint density at radius 1 is 1.24 bits per heavy atom. The van der Waals surface area contributed by atoms with Crippen molar-refractivity contribution in [2.45, 2.75) is 19.4 Å². The summed E-state index contributed by atoms with van der Waals surface area (Å²) in [5.41, 5.74) is 1.74. The van der Waals surface area contributed by atoms with E-state index in [1.165, 1.54) is 24.7 Å². The van der Waals surface area contributed by atoms with Crippen molar-refractivity contribution in [3.8, 4) is 10.4 Å². The molecule has 2 fully saturated rings. The molecule has 3 heterocycles. The molecule has 2 aliphatic rings. The molecule has 130 valence electrons. The topological polar surface area (TPSA) is 74.3 Å². The van der Waals surface area contributed by atoms with Gasteiger partial charge in [-0.15, -0.1) is 11.3 Å². The van der Waals surface area contributed by atoms with Crippen molar-refractivity contribution in [3.63, 3.8) is 0 Å². The number of amides is 2. The maximum absolute atomic E-state index is 12.5. The van der Waals surface area contributed by atoms with E-state index in [0.717, 1.165) is 35.8 Å². The summed E-state index contributed by atoms with van der Waals surface area (Å²) in [6, 6.07) is 7.79. The summed E-state index contributed by atoms with van der Waals surface area (Å²) in [4.78, 5) is 31.2. The molecule has 0 spiro atoms. The molecule has 4 rings (SSSR count). The molecule has 2 N–H and O–H groups in total. The van der Waals surface area contributed by atoms with Gasteiger partial charge in [-0.2, -0.15) is 0 Å². The predicted molar refractivity (Wildman–Crippen MR) is 97.7 cm³/mol. The fourth-order valence-electron chi connectivity index (χ4n) is 3.61. The normalized spacial score (nSPS) is 24.3. The quantitative estimate of drug-likeness (QED) is 0.881. The first-order valence-corrected chi connectivity index (χ1v) is 9.27. The van der Waals surface area contributed by atoms with Gasteiger partial charge in [0.25, 0.3) is 5.91 Å². The Morgan fingerprint density at radius 3 is 2.68 bits per heavy atom. The van der Waals surface area contributed by atoms with Crippen LogP contribution in [-0.2, 0) is 4.79 Å². The first kappa shape index (κ1) is 16.2. The van der Waals surface area contributed by atoms with Gasteiger partial charge in [-0.3, -0.25) is 9.59 Å². The summed E-state index contributed by atoms with van der Waals surface area (Å²) in [6.07, 6.45) is 2.91. The largest absolute Gasteiger partial charge is 0.346 e. The van der Waals surface area contributed by atoms with Crippen LogP contribution in [0.25, 0.3) is 10.4 Å². The van der Waals surface area contributed by atoms with Gasteiger partial charge in [0.15, 0.2) is 5.01 Å². The fraction of sp³-hybridized carbons (Fsp3) is 0.389. The zero-order valence-electron chi connectivity index (χ0n) is 14.0. The molecule has 25 heavy (non-hydrogen) atoms. The fourth-order valence-corrected chi connectivity index (χ4v) is 4.44. The molecule has 0 saturated carbocycles. The van der Waals surface area contributed by atoms with Crippen LogP contribution in [0.3, 0.4) is 0 Å². The first-order valence-electron chi connectivity index (χ1n) is 8.45. The van der Waals surface area contributed by atoms with Crippen molar-refractivity contribution >= 4 is 28.8 Å². The van der Waals surface area contributed by atoms with Crippen LogP contribution in [0.1, 0.15) is 23.1 Å². The van der Waals surface area contributed by atoms with Crippen molar-refractivity contribution in [2.75, 3.05) is 25.0 Å². The van der Waals surface area contributed by atoms with Gasteiger partial charge in [0.2, 0.25) is 5.91 Å². The smallest absolute Gasteiger partial charge is 0.280 e.